The second-order valence-corrected chi connectivity index (χ2v) is 5.90. The molecule has 0 bridgehead atoms. The van der Waals surface area contributed by atoms with Gasteiger partial charge in [-0.05, 0) is 38.5 Å². The van der Waals surface area contributed by atoms with E-state index in [2.05, 4.69) is 0 Å². The molecule has 0 aromatic heterocycles. The second kappa shape index (κ2) is 5.38. The van der Waals surface area contributed by atoms with Crippen molar-refractivity contribution in [2.45, 2.75) is 45.0 Å². The van der Waals surface area contributed by atoms with Crippen LogP contribution in [0.1, 0.15) is 40.2 Å². The Morgan fingerprint density at radius 3 is 2.80 bits per heavy atom. The lowest BCUT2D eigenvalue weighted by Crippen LogP contribution is -2.37. The molecule has 1 amide bonds. The lowest BCUT2D eigenvalue weighted by molar-refractivity contribution is 0.0216. The summed E-state index contributed by atoms with van der Waals surface area (Å²) in [6, 6.07) is 4.95. The maximum absolute atomic E-state index is 14.0. The fourth-order valence-electron chi connectivity index (χ4n) is 2.20. The molecule has 3 nitrogen and oxygen atoms in total. The largest absolute Gasteiger partial charge is 0.444 e. The van der Waals surface area contributed by atoms with E-state index in [9.17, 15) is 13.6 Å². The molecular formula is C15H19F2NO2. The molecule has 2 rings (SSSR count). The Hall–Kier alpha value is -1.65. The minimum Gasteiger partial charge on any atom is -0.444 e. The Balaban J connectivity index is 2.27. The second-order valence-electron chi connectivity index (χ2n) is 5.90. The fraction of sp³-hybridized carbons (Fsp3) is 0.533. The predicted octanol–water partition coefficient (Wildman–Crippen LogP) is 3.85. The van der Waals surface area contributed by atoms with Gasteiger partial charge in [0.1, 0.15) is 17.6 Å². The summed E-state index contributed by atoms with van der Waals surface area (Å²) in [6.45, 7) is 4.74. The van der Waals surface area contributed by atoms with Gasteiger partial charge in [-0.3, -0.25) is 4.90 Å². The molecule has 0 saturated carbocycles. The highest BCUT2D eigenvalue weighted by atomic mass is 19.1. The highest BCUT2D eigenvalue weighted by molar-refractivity contribution is 5.69. The smallest absolute Gasteiger partial charge is 0.410 e. The van der Waals surface area contributed by atoms with Gasteiger partial charge in [0, 0.05) is 6.42 Å². The van der Waals surface area contributed by atoms with Crippen molar-refractivity contribution in [2.24, 2.45) is 0 Å². The number of hydrogen-bond acceptors (Lipinski definition) is 2. The highest BCUT2D eigenvalue weighted by Gasteiger charge is 2.38. The van der Waals surface area contributed by atoms with Crippen molar-refractivity contribution in [1.82, 2.24) is 4.90 Å². The molecule has 1 heterocycles. The molecule has 0 aliphatic carbocycles. The quantitative estimate of drug-likeness (QED) is 0.784. The van der Waals surface area contributed by atoms with E-state index < -0.39 is 29.7 Å². The number of carbonyl (C=O) groups excluding carboxylic acids is 1. The number of rotatable bonds is 1. The molecular weight excluding hydrogens is 264 g/mol. The summed E-state index contributed by atoms with van der Waals surface area (Å²) in [5.41, 5.74) is -0.250. The van der Waals surface area contributed by atoms with Crippen molar-refractivity contribution in [3.63, 3.8) is 0 Å². The van der Waals surface area contributed by atoms with Crippen LogP contribution in [-0.2, 0) is 4.74 Å². The van der Waals surface area contributed by atoms with E-state index in [1.165, 1.54) is 18.2 Å². The number of likely N-dealkylation sites (tertiary alicyclic amines) is 1. The van der Waals surface area contributed by atoms with Crippen LogP contribution in [0.4, 0.5) is 13.6 Å². The van der Waals surface area contributed by atoms with Gasteiger partial charge in [0.05, 0.1) is 14.0 Å². The molecule has 1 aliphatic heterocycles. The van der Waals surface area contributed by atoms with Crippen LogP contribution in [0.5, 0.6) is 0 Å². The summed E-state index contributed by atoms with van der Waals surface area (Å²) in [5, 5.41) is 0. The molecule has 1 aromatic rings. The van der Waals surface area contributed by atoms with Gasteiger partial charge in [0.2, 0.25) is 0 Å². The summed E-state index contributed by atoms with van der Waals surface area (Å²) in [6.07, 6.45) is -3.15. The van der Waals surface area contributed by atoms with E-state index in [1.54, 1.807) is 26.8 Å². The van der Waals surface area contributed by atoms with Gasteiger partial charge in [0.25, 0.3) is 0 Å². The SMILES string of the molecule is [2H]C1(F)C[C@H](c2cccc(F)c2)N(C(=O)OC(C)(C)C)C1. The molecule has 1 aliphatic rings. The van der Waals surface area contributed by atoms with E-state index >= 15 is 0 Å². The fourth-order valence-corrected chi connectivity index (χ4v) is 2.20. The van der Waals surface area contributed by atoms with Gasteiger partial charge < -0.3 is 4.74 Å². The van der Waals surface area contributed by atoms with Gasteiger partial charge in [0.15, 0.2) is 0 Å². The van der Waals surface area contributed by atoms with E-state index in [4.69, 9.17) is 6.11 Å². The first kappa shape index (κ1) is 13.3. The molecule has 1 unspecified atom stereocenters. The predicted molar refractivity (Wildman–Crippen MR) is 71.6 cm³/mol. The topological polar surface area (TPSA) is 29.5 Å². The Morgan fingerprint density at radius 1 is 1.50 bits per heavy atom. The molecule has 0 radical (unpaired) electrons. The number of hydrogen-bond donors (Lipinski definition) is 0. The number of amides is 1. The Kier molecular flexibility index (Phi) is 3.59. The van der Waals surface area contributed by atoms with Gasteiger partial charge in [-0.25, -0.2) is 13.6 Å². The molecule has 1 aromatic carbocycles. The van der Waals surface area contributed by atoms with Crippen LogP contribution in [0.3, 0.4) is 0 Å². The first-order valence-electron chi connectivity index (χ1n) is 7.01. The Morgan fingerprint density at radius 2 is 2.20 bits per heavy atom. The van der Waals surface area contributed by atoms with Crippen LogP contribution in [-0.4, -0.2) is 29.3 Å². The van der Waals surface area contributed by atoms with Crippen LogP contribution in [0.15, 0.2) is 24.3 Å². The zero-order valence-electron chi connectivity index (χ0n) is 12.8. The first-order chi connectivity index (χ1) is 9.57. The highest BCUT2D eigenvalue weighted by Crippen LogP contribution is 2.34. The number of ether oxygens (including phenoxy) is 1. The first-order valence-corrected chi connectivity index (χ1v) is 6.51. The third kappa shape index (κ3) is 3.46. The van der Waals surface area contributed by atoms with Crippen molar-refractivity contribution >= 4 is 6.09 Å². The third-order valence-corrected chi connectivity index (χ3v) is 2.99. The summed E-state index contributed by atoms with van der Waals surface area (Å²) in [7, 11) is 0. The van der Waals surface area contributed by atoms with Crippen LogP contribution < -0.4 is 0 Å². The monoisotopic (exact) mass is 284 g/mol. The van der Waals surface area contributed by atoms with Crippen molar-refractivity contribution in [3.8, 4) is 0 Å². The minimum absolute atomic E-state index is 0.199. The zero-order valence-corrected chi connectivity index (χ0v) is 11.8. The maximum atomic E-state index is 14.0. The number of halogens is 2. The van der Waals surface area contributed by atoms with Gasteiger partial charge in [-0.15, -0.1) is 0 Å². The van der Waals surface area contributed by atoms with Gasteiger partial charge >= 0.3 is 6.09 Å². The maximum Gasteiger partial charge on any atom is 0.410 e. The molecule has 1 fully saturated rings. The van der Waals surface area contributed by atoms with Crippen molar-refractivity contribution < 1.29 is 19.7 Å². The van der Waals surface area contributed by atoms with Crippen LogP contribution in [0.2, 0.25) is 0 Å². The molecule has 2 atom stereocenters. The van der Waals surface area contributed by atoms with Crippen molar-refractivity contribution in [3.05, 3.63) is 35.6 Å². The van der Waals surface area contributed by atoms with Crippen molar-refractivity contribution in [2.75, 3.05) is 6.54 Å². The normalized spacial score (nSPS) is 27.4. The number of benzene rings is 1. The van der Waals surface area contributed by atoms with Gasteiger partial charge in [-0.2, -0.15) is 0 Å². The molecule has 20 heavy (non-hydrogen) atoms. The summed E-state index contributed by atoms with van der Waals surface area (Å²) in [5.74, 6) is -0.460. The number of nitrogens with zero attached hydrogens (tertiary/aromatic N) is 1. The van der Waals surface area contributed by atoms with E-state index in [-0.39, 0.29) is 13.0 Å². The van der Waals surface area contributed by atoms with Crippen molar-refractivity contribution in [1.29, 1.82) is 0 Å². The molecule has 110 valence electrons. The van der Waals surface area contributed by atoms with Crippen LogP contribution in [0, 0.1) is 5.82 Å². The summed E-state index contributed by atoms with van der Waals surface area (Å²) >= 11 is 0. The lowest BCUT2D eigenvalue weighted by Gasteiger charge is -2.28. The molecule has 5 heteroatoms. The molecule has 1 saturated heterocycles. The van der Waals surface area contributed by atoms with Gasteiger partial charge in [-0.1, -0.05) is 12.1 Å². The standard InChI is InChI=1S/C15H19F2NO2/c1-15(2,3)20-14(19)18-9-12(17)8-13(18)10-5-4-6-11(16)7-10/h4-7,12-13H,8-9H2,1-3H3/t12?,13-/m1/s1/i12D. The zero-order chi connectivity index (χ0) is 15.8. The lowest BCUT2D eigenvalue weighted by atomic mass is 10.0. The average Bonchev–Trinajstić information content (AvgIpc) is 2.63. The van der Waals surface area contributed by atoms with Crippen LogP contribution >= 0.6 is 0 Å². The van der Waals surface area contributed by atoms with Crippen LogP contribution in [0.25, 0.3) is 0 Å². The average molecular weight is 284 g/mol. The molecule has 0 N–H and O–H groups in total. The number of carbonyl (C=O) groups is 1. The third-order valence-electron chi connectivity index (χ3n) is 2.99. The minimum atomic E-state index is -2.26. The Bertz CT molecular complexity index is 543. The molecule has 0 spiro atoms. The summed E-state index contributed by atoms with van der Waals surface area (Å²) in [4.78, 5) is 13.3. The van der Waals surface area contributed by atoms with E-state index in [0.29, 0.717) is 5.56 Å². The van der Waals surface area contributed by atoms with E-state index in [0.717, 1.165) is 4.90 Å². The van der Waals surface area contributed by atoms with E-state index in [1.807, 2.05) is 0 Å². The number of alkyl halides is 1. The Labute approximate surface area is 118 Å². The summed E-state index contributed by atoms with van der Waals surface area (Å²) < 4.78 is 40.2.